The van der Waals surface area contributed by atoms with Crippen LogP contribution in [0, 0.1) is 6.92 Å². The lowest BCUT2D eigenvalue weighted by atomic mass is 10.2. The second kappa shape index (κ2) is 8.13. The second-order valence-corrected chi connectivity index (χ2v) is 5.42. The van der Waals surface area contributed by atoms with Gasteiger partial charge in [-0.1, -0.05) is 17.3 Å². The Balaban J connectivity index is 1.70. The van der Waals surface area contributed by atoms with Crippen molar-refractivity contribution in [2.45, 2.75) is 13.5 Å². The van der Waals surface area contributed by atoms with Gasteiger partial charge < -0.3 is 18.7 Å². The van der Waals surface area contributed by atoms with Gasteiger partial charge in [0.1, 0.15) is 17.1 Å². The molecule has 2 aromatic carbocycles. The van der Waals surface area contributed by atoms with Crippen molar-refractivity contribution in [3.8, 4) is 11.5 Å². The molecular formula is C19H16N2O6. The summed E-state index contributed by atoms with van der Waals surface area (Å²) in [7, 11) is 1.29. The number of hydrogen-bond acceptors (Lipinski definition) is 8. The van der Waals surface area contributed by atoms with E-state index in [9.17, 15) is 9.59 Å². The first-order chi connectivity index (χ1) is 13.1. The van der Waals surface area contributed by atoms with Crippen LogP contribution < -0.4 is 9.47 Å². The number of carbonyl (C=O) groups is 2. The minimum atomic E-state index is -0.597. The van der Waals surface area contributed by atoms with Gasteiger partial charge in [-0.3, -0.25) is 0 Å². The predicted octanol–water partition coefficient (Wildman–Crippen LogP) is 2.96. The van der Waals surface area contributed by atoms with Gasteiger partial charge in [-0.2, -0.15) is 4.98 Å². The van der Waals surface area contributed by atoms with Gasteiger partial charge in [-0.15, -0.1) is 0 Å². The summed E-state index contributed by atoms with van der Waals surface area (Å²) in [6.45, 7) is 1.72. The van der Waals surface area contributed by atoms with Gasteiger partial charge in [0.25, 0.3) is 0 Å². The maximum Gasteiger partial charge on any atom is 0.347 e. The fraction of sp³-hybridized carbons (Fsp3) is 0.158. The Labute approximate surface area is 154 Å². The lowest BCUT2D eigenvalue weighted by molar-refractivity contribution is 0.0600. The Morgan fingerprint density at radius 3 is 2.44 bits per heavy atom. The highest BCUT2D eigenvalue weighted by Gasteiger charge is 2.16. The topological polar surface area (TPSA) is 101 Å². The van der Waals surface area contributed by atoms with Crippen molar-refractivity contribution in [1.29, 1.82) is 0 Å². The Morgan fingerprint density at radius 1 is 1.04 bits per heavy atom. The number of methoxy groups -OCH3 is 1. The van der Waals surface area contributed by atoms with Crippen LogP contribution in [-0.2, 0) is 11.3 Å². The minimum absolute atomic E-state index is 0.0511. The predicted molar refractivity (Wildman–Crippen MR) is 92.5 cm³/mol. The number of aryl methyl sites for hydroxylation is 1. The van der Waals surface area contributed by atoms with Crippen LogP contribution in [0.3, 0.4) is 0 Å². The Kier molecular flexibility index (Phi) is 5.46. The van der Waals surface area contributed by atoms with Crippen LogP contribution in [-0.4, -0.2) is 29.2 Å². The van der Waals surface area contributed by atoms with Crippen LogP contribution in [0.2, 0.25) is 0 Å². The fourth-order valence-electron chi connectivity index (χ4n) is 2.24. The summed E-state index contributed by atoms with van der Waals surface area (Å²) in [6.07, 6.45) is 0. The first-order valence-electron chi connectivity index (χ1n) is 7.98. The first kappa shape index (κ1) is 18.1. The highest BCUT2D eigenvalue weighted by atomic mass is 16.5. The lowest BCUT2D eigenvalue weighted by Gasteiger charge is -2.10. The van der Waals surface area contributed by atoms with Crippen LogP contribution in [0.25, 0.3) is 0 Å². The molecule has 0 fully saturated rings. The molecule has 0 unspecified atom stereocenters. The van der Waals surface area contributed by atoms with E-state index >= 15 is 0 Å². The average Bonchev–Trinajstić information content (AvgIpc) is 3.11. The maximum absolute atomic E-state index is 12.5. The average molecular weight is 368 g/mol. The van der Waals surface area contributed by atoms with Crippen LogP contribution in [0.4, 0.5) is 0 Å². The van der Waals surface area contributed by atoms with E-state index in [1.165, 1.54) is 31.4 Å². The van der Waals surface area contributed by atoms with Crippen LogP contribution in [0.15, 0.2) is 53.1 Å². The zero-order chi connectivity index (χ0) is 19.2. The summed E-state index contributed by atoms with van der Waals surface area (Å²) in [4.78, 5) is 28.0. The van der Waals surface area contributed by atoms with E-state index in [1.54, 1.807) is 31.2 Å². The summed E-state index contributed by atoms with van der Waals surface area (Å²) < 4.78 is 20.5. The molecular weight excluding hydrogens is 352 g/mol. The zero-order valence-corrected chi connectivity index (χ0v) is 14.7. The summed E-state index contributed by atoms with van der Waals surface area (Å²) in [5, 5.41) is 3.74. The molecule has 27 heavy (non-hydrogen) atoms. The van der Waals surface area contributed by atoms with Crippen molar-refractivity contribution < 1.29 is 28.3 Å². The van der Waals surface area contributed by atoms with Gasteiger partial charge in [0.05, 0.1) is 12.7 Å². The lowest BCUT2D eigenvalue weighted by Crippen LogP contribution is -2.11. The normalized spacial score (nSPS) is 10.3. The van der Waals surface area contributed by atoms with Crippen molar-refractivity contribution >= 4 is 11.9 Å². The molecule has 8 nitrogen and oxygen atoms in total. The SMILES string of the molecule is COC(=O)c1ccc(OC(=O)c2ccccc2OCc2noc(C)n2)cc1. The third kappa shape index (κ3) is 4.49. The molecule has 3 rings (SSSR count). The van der Waals surface area contributed by atoms with E-state index in [-0.39, 0.29) is 17.9 Å². The van der Waals surface area contributed by atoms with Crippen molar-refractivity contribution in [3.05, 3.63) is 71.4 Å². The molecule has 0 aliphatic heterocycles. The van der Waals surface area contributed by atoms with E-state index in [2.05, 4.69) is 14.9 Å². The summed E-state index contributed by atoms with van der Waals surface area (Å²) in [6, 6.07) is 12.7. The summed E-state index contributed by atoms with van der Waals surface area (Å²) in [5.41, 5.74) is 0.603. The number of ether oxygens (including phenoxy) is 3. The molecule has 138 valence electrons. The van der Waals surface area contributed by atoms with Crippen molar-refractivity contribution in [1.82, 2.24) is 10.1 Å². The van der Waals surface area contributed by atoms with E-state index in [0.29, 0.717) is 23.0 Å². The zero-order valence-electron chi connectivity index (χ0n) is 14.7. The highest BCUT2D eigenvalue weighted by Crippen LogP contribution is 2.22. The molecule has 1 aromatic heterocycles. The number of nitrogens with zero attached hydrogens (tertiary/aromatic N) is 2. The van der Waals surface area contributed by atoms with Crippen LogP contribution in [0.1, 0.15) is 32.4 Å². The Morgan fingerprint density at radius 2 is 1.78 bits per heavy atom. The van der Waals surface area contributed by atoms with Crippen molar-refractivity contribution in [2.75, 3.05) is 7.11 Å². The number of benzene rings is 2. The van der Waals surface area contributed by atoms with Gasteiger partial charge >= 0.3 is 11.9 Å². The molecule has 0 aliphatic carbocycles. The number of hydrogen-bond donors (Lipinski definition) is 0. The van der Waals surface area contributed by atoms with E-state index < -0.39 is 11.9 Å². The third-order valence-electron chi connectivity index (χ3n) is 3.52. The molecule has 0 saturated heterocycles. The first-order valence-corrected chi connectivity index (χ1v) is 7.98. The van der Waals surface area contributed by atoms with E-state index in [4.69, 9.17) is 14.0 Å². The molecule has 0 atom stereocenters. The van der Waals surface area contributed by atoms with Gasteiger partial charge in [-0.05, 0) is 36.4 Å². The second-order valence-electron chi connectivity index (χ2n) is 5.42. The molecule has 0 N–H and O–H groups in total. The molecule has 8 heteroatoms. The van der Waals surface area contributed by atoms with Crippen LogP contribution in [0.5, 0.6) is 11.5 Å². The van der Waals surface area contributed by atoms with Gasteiger partial charge in [-0.25, -0.2) is 9.59 Å². The van der Waals surface area contributed by atoms with Gasteiger partial charge in [0.2, 0.25) is 11.7 Å². The summed E-state index contributed by atoms with van der Waals surface area (Å²) in [5.74, 6) is 0.349. The highest BCUT2D eigenvalue weighted by molar-refractivity contribution is 5.94. The number of rotatable bonds is 6. The van der Waals surface area contributed by atoms with Crippen LogP contribution >= 0.6 is 0 Å². The third-order valence-corrected chi connectivity index (χ3v) is 3.52. The Hall–Kier alpha value is -3.68. The molecule has 1 heterocycles. The minimum Gasteiger partial charge on any atom is -0.485 e. The number of carbonyl (C=O) groups excluding carboxylic acids is 2. The van der Waals surface area contributed by atoms with E-state index in [1.807, 2.05) is 0 Å². The standard InChI is InChI=1S/C19H16N2O6/c1-12-20-17(21-27-12)11-25-16-6-4-3-5-15(16)19(23)26-14-9-7-13(8-10-14)18(22)24-2/h3-10H,11H2,1-2H3. The van der Waals surface area contributed by atoms with Crippen molar-refractivity contribution in [3.63, 3.8) is 0 Å². The molecule has 0 radical (unpaired) electrons. The quantitative estimate of drug-likeness (QED) is 0.483. The fourth-order valence-corrected chi connectivity index (χ4v) is 2.24. The number of aromatic nitrogens is 2. The molecule has 0 amide bonds. The number of esters is 2. The largest absolute Gasteiger partial charge is 0.485 e. The Bertz CT molecular complexity index is 949. The maximum atomic E-state index is 12.5. The van der Waals surface area contributed by atoms with Gasteiger partial charge in [0, 0.05) is 6.92 Å². The molecule has 0 aliphatic rings. The number of para-hydroxylation sites is 1. The molecule has 3 aromatic rings. The summed E-state index contributed by atoms with van der Waals surface area (Å²) >= 11 is 0. The monoisotopic (exact) mass is 368 g/mol. The molecule has 0 bridgehead atoms. The smallest absolute Gasteiger partial charge is 0.347 e. The van der Waals surface area contributed by atoms with E-state index in [0.717, 1.165) is 0 Å². The molecule has 0 spiro atoms. The van der Waals surface area contributed by atoms with Gasteiger partial charge in [0.15, 0.2) is 6.61 Å². The molecule has 0 saturated carbocycles. The van der Waals surface area contributed by atoms with Crippen molar-refractivity contribution in [2.24, 2.45) is 0 Å².